The lowest BCUT2D eigenvalue weighted by Crippen LogP contribution is -2.31. The number of carbonyl (C=O) groups is 1. The van der Waals surface area contributed by atoms with Crippen LogP contribution in [0.5, 0.6) is 0 Å². The number of carbonyl (C=O) groups excluding carboxylic acids is 1. The van der Waals surface area contributed by atoms with Crippen LogP contribution >= 0.6 is 11.8 Å². The molecule has 0 unspecified atom stereocenters. The van der Waals surface area contributed by atoms with Crippen LogP contribution < -0.4 is 11.2 Å². The number of imidazole rings is 1. The average molecular weight is 417 g/mol. The van der Waals surface area contributed by atoms with Crippen LogP contribution in [0.15, 0.2) is 38.8 Å². The summed E-state index contributed by atoms with van der Waals surface area (Å²) in [5.74, 6) is 0.217. The molecule has 0 aliphatic carbocycles. The molecule has 0 saturated heterocycles. The minimum absolute atomic E-state index is 0.0697. The quantitative estimate of drug-likeness (QED) is 0.447. The van der Waals surface area contributed by atoms with Crippen LogP contribution in [0.4, 0.5) is 0 Å². The van der Waals surface area contributed by atoms with E-state index in [1.54, 1.807) is 11.6 Å². The molecular formula is C20H24N4O4S. The second-order valence-electron chi connectivity index (χ2n) is 6.74. The molecule has 1 N–H and O–H groups in total. The van der Waals surface area contributed by atoms with Gasteiger partial charge in [-0.25, -0.2) is 9.78 Å². The Morgan fingerprint density at radius 2 is 2.03 bits per heavy atom. The van der Waals surface area contributed by atoms with Gasteiger partial charge in [-0.15, -0.1) is 11.8 Å². The molecule has 3 aromatic rings. The molecule has 29 heavy (non-hydrogen) atoms. The number of unbranched alkanes of at least 4 members (excludes halogenated alkanes) is 1. The molecule has 2 heterocycles. The Bertz CT molecular complexity index is 1150. The van der Waals surface area contributed by atoms with E-state index < -0.39 is 11.2 Å². The number of ether oxygens (including phenoxy) is 1. The molecule has 8 nitrogen and oxygen atoms in total. The van der Waals surface area contributed by atoms with E-state index in [0.29, 0.717) is 23.5 Å². The molecule has 0 fully saturated rings. The number of aromatic nitrogens is 4. The third-order valence-corrected chi connectivity index (χ3v) is 5.79. The Morgan fingerprint density at radius 3 is 2.76 bits per heavy atom. The van der Waals surface area contributed by atoms with E-state index >= 15 is 0 Å². The molecule has 9 heteroatoms. The Kier molecular flexibility index (Phi) is 6.58. The number of benzene rings is 1. The van der Waals surface area contributed by atoms with E-state index in [9.17, 15) is 14.4 Å². The first-order valence-electron chi connectivity index (χ1n) is 9.44. The number of fused-ring (bicyclic) bond motifs is 1. The van der Waals surface area contributed by atoms with E-state index in [-0.39, 0.29) is 18.3 Å². The third-order valence-electron chi connectivity index (χ3n) is 4.64. The average Bonchev–Trinajstić information content (AvgIpc) is 3.02. The number of thioether (sulfide) groups is 1. The summed E-state index contributed by atoms with van der Waals surface area (Å²) in [6.07, 6.45) is 1.70. The number of nitrogens with zero attached hydrogens (tertiary/aromatic N) is 3. The van der Waals surface area contributed by atoms with Gasteiger partial charge in [-0.05, 0) is 25.0 Å². The number of hydrogen-bond donors (Lipinski definition) is 1. The highest BCUT2D eigenvalue weighted by Gasteiger charge is 2.17. The van der Waals surface area contributed by atoms with Gasteiger partial charge in [0, 0.05) is 18.5 Å². The summed E-state index contributed by atoms with van der Waals surface area (Å²) in [4.78, 5) is 44.3. The lowest BCUT2D eigenvalue weighted by molar-refractivity contribution is -0.141. The molecular weight excluding hydrogens is 392 g/mol. The van der Waals surface area contributed by atoms with Crippen molar-refractivity contribution in [3.05, 3.63) is 56.5 Å². The van der Waals surface area contributed by atoms with Crippen molar-refractivity contribution in [1.82, 2.24) is 19.1 Å². The molecule has 0 amide bonds. The normalized spacial score (nSPS) is 11.1. The van der Waals surface area contributed by atoms with Gasteiger partial charge in [0.15, 0.2) is 11.2 Å². The fraction of sp³-hybridized carbons (Fsp3) is 0.400. The predicted molar refractivity (Wildman–Crippen MR) is 112 cm³/mol. The molecule has 0 radical (unpaired) electrons. The molecule has 154 valence electrons. The van der Waals surface area contributed by atoms with Crippen LogP contribution in [0.2, 0.25) is 0 Å². The lowest BCUT2D eigenvalue weighted by Gasteiger charge is -2.06. The smallest absolute Gasteiger partial charge is 0.330 e. The zero-order chi connectivity index (χ0) is 21.0. The Hall–Kier alpha value is -2.81. The van der Waals surface area contributed by atoms with Gasteiger partial charge in [0.05, 0.1) is 5.75 Å². The van der Waals surface area contributed by atoms with Crippen LogP contribution in [0.1, 0.15) is 31.2 Å². The molecule has 1 aromatic carbocycles. The second kappa shape index (κ2) is 9.13. The highest BCUT2D eigenvalue weighted by atomic mass is 32.2. The molecule has 0 bridgehead atoms. The van der Waals surface area contributed by atoms with Crippen molar-refractivity contribution in [3.8, 4) is 0 Å². The summed E-state index contributed by atoms with van der Waals surface area (Å²) in [6, 6.07) is 7.82. The van der Waals surface area contributed by atoms with Crippen molar-refractivity contribution in [2.45, 2.75) is 44.7 Å². The maximum absolute atomic E-state index is 12.2. The van der Waals surface area contributed by atoms with Gasteiger partial charge >= 0.3 is 11.7 Å². The number of aromatic amines is 1. The number of esters is 1. The van der Waals surface area contributed by atoms with Crippen LogP contribution in [0.3, 0.4) is 0 Å². The first-order valence-corrected chi connectivity index (χ1v) is 10.4. The minimum atomic E-state index is -0.500. The van der Waals surface area contributed by atoms with E-state index in [1.165, 1.54) is 16.3 Å². The first kappa shape index (κ1) is 20.9. The summed E-state index contributed by atoms with van der Waals surface area (Å²) >= 11 is 1.41. The van der Waals surface area contributed by atoms with Gasteiger partial charge in [-0.2, -0.15) is 0 Å². The monoisotopic (exact) mass is 416 g/mol. The Balaban J connectivity index is 1.75. The summed E-state index contributed by atoms with van der Waals surface area (Å²) in [5.41, 5.74) is 0.730. The van der Waals surface area contributed by atoms with E-state index in [0.717, 1.165) is 23.3 Å². The molecule has 0 saturated carbocycles. The van der Waals surface area contributed by atoms with Crippen molar-refractivity contribution < 1.29 is 9.53 Å². The molecule has 0 aliphatic heterocycles. The topological polar surface area (TPSA) is 99.0 Å². The second-order valence-corrected chi connectivity index (χ2v) is 7.76. The fourth-order valence-electron chi connectivity index (χ4n) is 2.99. The Labute approximate surface area is 171 Å². The van der Waals surface area contributed by atoms with E-state index in [1.807, 2.05) is 38.1 Å². The Morgan fingerprint density at radius 1 is 1.28 bits per heavy atom. The van der Waals surface area contributed by atoms with Crippen molar-refractivity contribution in [2.75, 3.05) is 5.75 Å². The molecule has 2 aromatic heterocycles. The SMILES string of the molecule is CCCCn1c(=O)[nH]c(=O)c2c1nc(COC(=O)CSc1ccccc1C)n2C. The number of hydrogen-bond acceptors (Lipinski definition) is 6. The zero-order valence-electron chi connectivity index (χ0n) is 16.7. The number of rotatable bonds is 8. The summed E-state index contributed by atoms with van der Waals surface area (Å²) < 4.78 is 8.37. The van der Waals surface area contributed by atoms with Gasteiger partial charge in [0.1, 0.15) is 12.4 Å². The van der Waals surface area contributed by atoms with Crippen LogP contribution in [-0.4, -0.2) is 30.8 Å². The predicted octanol–water partition coefficient (Wildman–Crippen LogP) is 2.37. The van der Waals surface area contributed by atoms with Crippen molar-refractivity contribution in [2.24, 2.45) is 7.05 Å². The molecule has 0 spiro atoms. The highest BCUT2D eigenvalue weighted by molar-refractivity contribution is 8.00. The number of nitrogens with one attached hydrogen (secondary N) is 1. The van der Waals surface area contributed by atoms with Crippen molar-refractivity contribution in [1.29, 1.82) is 0 Å². The minimum Gasteiger partial charge on any atom is -0.457 e. The lowest BCUT2D eigenvalue weighted by atomic mass is 10.2. The number of aryl methyl sites for hydroxylation is 3. The summed E-state index contributed by atoms with van der Waals surface area (Å²) in [5, 5.41) is 0. The van der Waals surface area contributed by atoms with Crippen molar-refractivity contribution in [3.63, 3.8) is 0 Å². The first-order chi connectivity index (χ1) is 13.9. The number of H-pyrrole nitrogens is 1. The molecule has 3 rings (SSSR count). The third kappa shape index (κ3) is 4.61. The van der Waals surface area contributed by atoms with Gasteiger partial charge < -0.3 is 9.30 Å². The largest absolute Gasteiger partial charge is 0.457 e. The standard InChI is InChI=1S/C20H24N4O4S/c1-4-5-10-24-18-17(19(26)22-20(24)27)23(3)15(21-18)11-28-16(25)12-29-14-9-7-6-8-13(14)2/h6-9H,4-5,10-12H2,1-3H3,(H,22,26,27). The maximum atomic E-state index is 12.2. The molecule has 0 aliphatic rings. The fourth-order valence-corrected chi connectivity index (χ4v) is 3.81. The summed E-state index contributed by atoms with van der Waals surface area (Å²) in [6.45, 7) is 4.40. The van der Waals surface area contributed by atoms with Gasteiger partial charge in [0.25, 0.3) is 5.56 Å². The van der Waals surface area contributed by atoms with Gasteiger partial charge in [-0.3, -0.25) is 19.1 Å². The van der Waals surface area contributed by atoms with Crippen molar-refractivity contribution >= 4 is 28.9 Å². The zero-order valence-corrected chi connectivity index (χ0v) is 17.5. The van der Waals surface area contributed by atoms with Crippen LogP contribution in [0.25, 0.3) is 11.2 Å². The highest BCUT2D eigenvalue weighted by Crippen LogP contribution is 2.22. The van der Waals surface area contributed by atoms with Crippen LogP contribution in [-0.2, 0) is 29.7 Å². The van der Waals surface area contributed by atoms with Gasteiger partial charge in [-0.1, -0.05) is 31.5 Å². The molecule has 0 atom stereocenters. The van der Waals surface area contributed by atoms with Gasteiger partial charge in [0.2, 0.25) is 0 Å². The summed E-state index contributed by atoms with van der Waals surface area (Å²) in [7, 11) is 1.67. The maximum Gasteiger partial charge on any atom is 0.330 e. The van der Waals surface area contributed by atoms with Crippen LogP contribution in [0, 0.1) is 6.92 Å². The van der Waals surface area contributed by atoms with E-state index in [4.69, 9.17) is 4.74 Å². The van der Waals surface area contributed by atoms with E-state index in [2.05, 4.69) is 9.97 Å².